The van der Waals surface area contributed by atoms with E-state index < -0.39 is 105 Å². The highest BCUT2D eigenvalue weighted by Gasteiger charge is 2.38. The van der Waals surface area contributed by atoms with Gasteiger partial charge < -0.3 is 38.6 Å². The van der Waals surface area contributed by atoms with Crippen molar-refractivity contribution in [1.82, 2.24) is 9.55 Å². The Morgan fingerprint density at radius 2 is 0.806 bits per heavy atom. The second kappa shape index (κ2) is 45.0. The molecule has 0 radical (unpaired) electrons. The minimum atomic E-state index is -4.81. The molecule has 25 nitrogen and oxygen atoms in total. The molecular formula is C100H92F11N7O18S8. The second-order valence-corrected chi connectivity index (χ2v) is 45.0. The number of thiophene rings is 4. The third-order valence-corrected chi connectivity index (χ3v) is 34.7. The van der Waals surface area contributed by atoms with Crippen molar-refractivity contribution in [2.45, 2.75) is 161 Å². The van der Waals surface area contributed by atoms with E-state index in [-0.39, 0.29) is 96.3 Å². The molecule has 1 aliphatic heterocycles. The number of carbonyl (C=O) groups excluding carboxylic acids is 1. The van der Waals surface area contributed by atoms with Crippen LogP contribution < -0.4 is 36.2 Å². The van der Waals surface area contributed by atoms with Crippen LogP contribution in [0.4, 0.5) is 68.3 Å². The fourth-order valence-corrected chi connectivity index (χ4v) is 27.2. The van der Waals surface area contributed by atoms with Gasteiger partial charge in [-0.25, -0.2) is 57.0 Å². The van der Waals surface area contributed by atoms with Crippen molar-refractivity contribution in [2.75, 3.05) is 28.7 Å². The van der Waals surface area contributed by atoms with E-state index in [4.69, 9.17) is 10.2 Å². The molecule has 1 aliphatic rings. The monoisotopic (exact) mass is 2140 g/mol. The molecule has 5 aromatic heterocycles. The summed E-state index contributed by atoms with van der Waals surface area (Å²) in [6.45, 7) is 10.8. The van der Waals surface area contributed by atoms with Crippen LogP contribution >= 0.6 is 45.3 Å². The summed E-state index contributed by atoms with van der Waals surface area (Å²) < 4.78 is 283. The van der Waals surface area contributed by atoms with Gasteiger partial charge in [-0.2, -0.15) is 26.3 Å². The normalized spacial score (nSPS) is 12.6. The number of fused-ring (bicyclic) bond motifs is 4. The van der Waals surface area contributed by atoms with Crippen LogP contribution in [0.15, 0.2) is 258 Å². The zero-order valence-electron chi connectivity index (χ0n) is 77.8. The number of aliphatic carboxylic acids is 1. The van der Waals surface area contributed by atoms with E-state index in [1.54, 1.807) is 73.9 Å². The number of carboxylic acid groups (broad SMARTS) is 2. The Balaban J connectivity index is 0.000000161. The SMILES string of the molecule is CCCc1cn(-c2ccc(S(=O)(=O)N(Cc3ccc(OC(F)(F)F)cc3)c3sc4ccccc4c3C)cc2)cn1.Cc1c(N(Cc2ccc(OC(C)(F)F)cc2)S(=O)(=O)CCCC(=O)O)sc2ccccc12.Cc1c(N(Cc2ccc(OC(C)(F)F)cc2)S(=O)(=O)CCCC2=NOC(=O)C2)sc2ccccc12.Cc1c(N(Cc2ccc(OC(C)(F)F)cc2)S(=O)(=O)c2cc(F)c(C(=O)O)cc2F)sc2ccccc12. The number of aryl methyl sites for hydroxylation is 5. The molecule has 16 rings (SSSR count). The number of imidazole rings is 1. The molecule has 15 aromatic rings. The average Bonchev–Trinajstić information content (AvgIpc) is 1.74. The Bertz CT molecular complexity index is 7690. The van der Waals surface area contributed by atoms with Crippen LogP contribution in [0, 0.1) is 39.3 Å². The third kappa shape index (κ3) is 27.6. The van der Waals surface area contributed by atoms with Crippen molar-refractivity contribution in [3.05, 3.63) is 310 Å². The predicted molar refractivity (Wildman–Crippen MR) is 534 cm³/mol. The van der Waals surface area contributed by atoms with Crippen molar-refractivity contribution in [2.24, 2.45) is 5.16 Å². The minimum Gasteiger partial charge on any atom is -0.481 e. The number of carboxylic acids is 2. The van der Waals surface area contributed by atoms with Gasteiger partial charge >= 0.3 is 42.6 Å². The summed E-state index contributed by atoms with van der Waals surface area (Å²) in [5.41, 5.74) is 6.32. The van der Waals surface area contributed by atoms with Crippen LogP contribution in [0.25, 0.3) is 46.0 Å². The van der Waals surface area contributed by atoms with Gasteiger partial charge in [0.2, 0.25) is 20.0 Å². The van der Waals surface area contributed by atoms with E-state index in [0.717, 1.165) is 96.9 Å². The fourth-order valence-electron chi connectivity index (χ4n) is 15.2. The summed E-state index contributed by atoms with van der Waals surface area (Å²) in [6, 6.07) is 59.4. The summed E-state index contributed by atoms with van der Waals surface area (Å²) >= 11 is 5.18. The Morgan fingerprint density at radius 1 is 0.451 bits per heavy atom. The van der Waals surface area contributed by atoms with Crippen molar-refractivity contribution in [1.29, 1.82) is 0 Å². The third-order valence-electron chi connectivity index (χ3n) is 21.9. The van der Waals surface area contributed by atoms with Crippen LogP contribution in [-0.4, -0.2) is 113 Å². The molecule has 0 saturated carbocycles. The number of alkyl halides is 9. The van der Waals surface area contributed by atoms with Gasteiger partial charge in [0.1, 0.15) is 59.5 Å². The smallest absolute Gasteiger partial charge is 0.481 e. The highest BCUT2D eigenvalue weighted by Crippen LogP contribution is 2.47. The Labute approximate surface area is 837 Å². The average molecular weight is 2150 g/mol. The number of anilines is 4. The first-order valence-electron chi connectivity index (χ1n) is 43.9. The number of halogens is 11. The van der Waals surface area contributed by atoms with Crippen LogP contribution in [0.2, 0.25) is 0 Å². The van der Waals surface area contributed by atoms with Crippen molar-refractivity contribution in [3.8, 4) is 28.7 Å². The van der Waals surface area contributed by atoms with Crippen LogP contribution in [0.5, 0.6) is 23.0 Å². The van der Waals surface area contributed by atoms with Crippen LogP contribution in [0.1, 0.15) is 127 Å². The van der Waals surface area contributed by atoms with Crippen molar-refractivity contribution >= 4 is 169 Å². The summed E-state index contributed by atoms with van der Waals surface area (Å²) in [5.74, 6) is -7.16. The fraction of sp³-hybridized carbons (Fsp3) is 0.250. The molecule has 0 spiro atoms. The number of aromatic nitrogens is 2. The molecule has 10 aromatic carbocycles. The Morgan fingerprint density at radius 3 is 1.15 bits per heavy atom. The molecule has 0 atom stereocenters. The van der Waals surface area contributed by atoms with E-state index in [1.807, 2.05) is 104 Å². The minimum absolute atomic E-state index is 0.0113. The zero-order valence-corrected chi connectivity index (χ0v) is 84.3. The lowest BCUT2D eigenvalue weighted by atomic mass is 10.2. The topological polar surface area (TPSA) is 318 Å². The predicted octanol–water partition coefficient (Wildman–Crippen LogP) is 25.2. The quantitative estimate of drug-likeness (QED) is 0.0270. The molecule has 0 unspecified atom stereocenters. The molecule has 0 saturated heterocycles. The first kappa shape index (κ1) is 108. The molecule has 2 N–H and O–H groups in total. The van der Waals surface area contributed by atoms with E-state index in [0.29, 0.717) is 87.9 Å². The molecule has 0 amide bonds. The van der Waals surface area contributed by atoms with Gasteiger partial charge in [-0.3, -0.25) is 22.0 Å². The largest absolute Gasteiger partial charge is 0.573 e. The highest BCUT2D eigenvalue weighted by atomic mass is 32.2. The van der Waals surface area contributed by atoms with Gasteiger partial charge in [0, 0.05) is 57.9 Å². The van der Waals surface area contributed by atoms with Crippen LogP contribution in [0.3, 0.4) is 0 Å². The standard InChI is InChI=1S/C29H26F3N3O3S2.C25H19F4NO5S2.C24H24F2N2O5S2.C22H23F2NO5S2/c1-3-6-22-18-34(19-33-22)23-11-15-25(16-12-23)40(36,37)35(28-20(2)26-7-4-5-8-27(26)39-28)17-21-9-13-24(14-10-21)38-29(30,31)32;1-14-17-5-3-4-6-21(17)36-23(14)30(13-15-7-9-16(10-8-15)35-25(2,28)29)37(33,34)22-12-19(26)18(24(31)32)11-20(22)27;1-16-20-7-3-4-8-21(20)34-23(16)28(15-17-9-11-19(12-10-17)32-24(2,25)26)35(30,31)13-5-6-18-14-22(29)33-27-18;1-15-18-6-3-4-7-19(18)31-21(15)25(32(28,29)13-5-8-20(26)27)14-16-9-11-17(12-10-16)30-22(2,23)24/h4-5,7-16,18-19H,3,6,17H2,1-2H3;3-12H,13H2,1-2H3,(H,31,32);3-4,7-12H,5-6,13-15H2,1-2H3;3-4,6-7,9-12H,5,8,13-14H2,1-2H3,(H,26,27). The lowest BCUT2D eigenvalue weighted by molar-refractivity contribution is -0.274. The van der Waals surface area contributed by atoms with E-state index in [2.05, 4.69) is 40.8 Å². The Hall–Kier alpha value is -13.2. The van der Waals surface area contributed by atoms with Gasteiger partial charge in [-0.05, 0) is 229 Å². The van der Waals surface area contributed by atoms with Crippen molar-refractivity contribution < 1.29 is 130 Å². The maximum atomic E-state index is 14.9. The molecule has 760 valence electrons. The first-order valence-corrected chi connectivity index (χ1v) is 53.3. The number of oxime groups is 1. The number of sulfonamides is 4. The summed E-state index contributed by atoms with van der Waals surface area (Å²) in [6.07, 6.45) is -9.01. The number of carbonyl (C=O) groups is 3. The van der Waals surface area contributed by atoms with Gasteiger partial charge in [-0.1, -0.05) is 140 Å². The number of rotatable bonds is 37. The molecule has 0 fully saturated rings. The summed E-state index contributed by atoms with van der Waals surface area (Å²) in [4.78, 5) is 41.2. The van der Waals surface area contributed by atoms with Gasteiger partial charge in [-0.15, -0.1) is 58.5 Å². The van der Waals surface area contributed by atoms with Gasteiger partial charge in [0.05, 0.1) is 72.3 Å². The number of nitrogens with zero attached hydrogens (tertiary/aromatic N) is 7. The van der Waals surface area contributed by atoms with Gasteiger partial charge in [0.15, 0.2) is 0 Å². The highest BCUT2D eigenvalue weighted by molar-refractivity contribution is 7.94. The molecule has 0 aliphatic carbocycles. The lowest BCUT2D eigenvalue weighted by Crippen LogP contribution is -2.32. The zero-order chi connectivity index (χ0) is 104. The molecule has 144 heavy (non-hydrogen) atoms. The second-order valence-electron chi connectivity index (χ2n) is 33.1. The molecule has 0 bridgehead atoms. The lowest BCUT2D eigenvalue weighted by Gasteiger charge is -2.25. The number of aromatic carboxylic acids is 1. The number of benzene rings is 10. The first-order chi connectivity index (χ1) is 67.8. The van der Waals surface area contributed by atoms with E-state index in [1.165, 1.54) is 132 Å². The maximum absolute atomic E-state index is 14.9. The maximum Gasteiger partial charge on any atom is 0.573 e. The Kier molecular flexibility index (Phi) is 33.7. The number of hydrogen-bond acceptors (Lipinski definition) is 22. The van der Waals surface area contributed by atoms with Crippen molar-refractivity contribution in [3.63, 3.8) is 0 Å². The number of hydrogen-bond donors (Lipinski definition) is 2. The van der Waals surface area contributed by atoms with E-state index >= 15 is 0 Å². The summed E-state index contributed by atoms with van der Waals surface area (Å²) in [5, 5.41) is 27.1. The molecule has 6 heterocycles. The molecular weight excluding hydrogens is 2050 g/mol. The number of ether oxygens (including phenoxy) is 4. The molecule has 44 heteroatoms. The van der Waals surface area contributed by atoms with E-state index in [9.17, 15) is 96.3 Å². The van der Waals surface area contributed by atoms with Gasteiger partial charge in [0.25, 0.3) is 20.0 Å². The van der Waals surface area contributed by atoms with Crippen LogP contribution in [-0.2, 0) is 87.1 Å². The summed E-state index contributed by atoms with van der Waals surface area (Å²) in [7, 11) is -16.5.